The number of imidazole rings is 1. The molecule has 124 valence electrons. The highest BCUT2D eigenvalue weighted by atomic mass is 35.5. The summed E-state index contributed by atoms with van der Waals surface area (Å²) < 4.78 is 15.1. The summed E-state index contributed by atoms with van der Waals surface area (Å²) in [5.74, 6) is -0.845. The fourth-order valence-electron chi connectivity index (χ4n) is 2.49. The van der Waals surface area contributed by atoms with Gasteiger partial charge in [0.1, 0.15) is 17.2 Å². The molecule has 0 unspecified atom stereocenters. The van der Waals surface area contributed by atoms with Crippen LogP contribution in [0.15, 0.2) is 36.5 Å². The molecule has 1 amide bonds. The van der Waals surface area contributed by atoms with Crippen LogP contribution in [0.3, 0.4) is 0 Å². The molecule has 24 heavy (non-hydrogen) atoms. The van der Waals surface area contributed by atoms with Gasteiger partial charge in [-0.3, -0.25) is 9.20 Å². The van der Waals surface area contributed by atoms with Crippen LogP contribution in [0.5, 0.6) is 0 Å². The average Bonchev–Trinajstić information content (AvgIpc) is 2.87. The molecule has 0 spiro atoms. The number of halogens is 3. The number of aryl methyl sites for hydroxylation is 1. The summed E-state index contributed by atoms with van der Waals surface area (Å²) in [6, 6.07) is 7.65. The molecule has 0 aliphatic rings. The third kappa shape index (κ3) is 3.23. The molecular weight excluding hydrogens is 352 g/mol. The van der Waals surface area contributed by atoms with E-state index in [4.69, 9.17) is 23.2 Å². The zero-order valence-corrected chi connectivity index (χ0v) is 14.3. The third-order valence-electron chi connectivity index (χ3n) is 3.54. The number of aromatic nitrogens is 2. The Balaban J connectivity index is 2.04. The van der Waals surface area contributed by atoms with Crippen molar-refractivity contribution in [2.75, 3.05) is 5.32 Å². The Labute approximate surface area is 148 Å². The lowest BCUT2D eigenvalue weighted by Gasteiger charge is -2.09. The van der Waals surface area contributed by atoms with Crippen LogP contribution in [0.2, 0.25) is 10.0 Å². The van der Waals surface area contributed by atoms with Gasteiger partial charge in [-0.15, -0.1) is 0 Å². The summed E-state index contributed by atoms with van der Waals surface area (Å²) >= 11 is 12.0. The van der Waals surface area contributed by atoms with Crippen LogP contribution in [0.4, 0.5) is 10.1 Å². The lowest BCUT2D eigenvalue weighted by atomic mass is 10.2. The topological polar surface area (TPSA) is 46.4 Å². The van der Waals surface area contributed by atoms with E-state index < -0.39 is 11.7 Å². The van der Waals surface area contributed by atoms with Gasteiger partial charge < -0.3 is 5.32 Å². The van der Waals surface area contributed by atoms with Gasteiger partial charge >= 0.3 is 0 Å². The Morgan fingerprint density at radius 3 is 2.79 bits per heavy atom. The second-order valence-corrected chi connectivity index (χ2v) is 6.15. The molecule has 2 aromatic heterocycles. The number of amides is 1. The summed E-state index contributed by atoms with van der Waals surface area (Å²) in [6.45, 7) is 1.99. The number of anilines is 1. The van der Waals surface area contributed by atoms with E-state index in [0.717, 1.165) is 6.42 Å². The van der Waals surface area contributed by atoms with Crippen molar-refractivity contribution in [2.45, 2.75) is 19.8 Å². The number of hydrogen-bond acceptors (Lipinski definition) is 2. The molecule has 3 rings (SSSR count). The number of benzene rings is 1. The molecule has 0 bridgehead atoms. The number of carbonyl (C=O) groups excluding carboxylic acids is 1. The molecule has 1 aromatic carbocycles. The van der Waals surface area contributed by atoms with E-state index in [0.29, 0.717) is 39.2 Å². The molecule has 7 heteroatoms. The molecule has 0 fully saturated rings. The van der Waals surface area contributed by atoms with E-state index in [2.05, 4.69) is 10.3 Å². The molecule has 4 nitrogen and oxygen atoms in total. The van der Waals surface area contributed by atoms with E-state index in [1.54, 1.807) is 24.3 Å². The summed E-state index contributed by atoms with van der Waals surface area (Å²) in [4.78, 5) is 17.2. The minimum atomic E-state index is -0.443. The van der Waals surface area contributed by atoms with Gasteiger partial charge in [-0.25, -0.2) is 9.37 Å². The molecule has 0 aliphatic heterocycles. The average molecular weight is 366 g/mol. The molecule has 0 saturated heterocycles. The predicted octanol–water partition coefficient (Wildman–Crippen LogP) is 4.99. The van der Waals surface area contributed by atoms with Crippen molar-refractivity contribution in [3.8, 4) is 0 Å². The van der Waals surface area contributed by atoms with E-state index in [-0.39, 0.29) is 0 Å². The highest BCUT2D eigenvalue weighted by molar-refractivity contribution is 6.36. The van der Waals surface area contributed by atoms with Crippen LogP contribution in [0.1, 0.15) is 29.5 Å². The van der Waals surface area contributed by atoms with Crippen LogP contribution in [-0.2, 0) is 6.42 Å². The van der Waals surface area contributed by atoms with Crippen molar-refractivity contribution in [2.24, 2.45) is 0 Å². The van der Waals surface area contributed by atoms with Crippen LogP contribution >= 0.6 is 23.2 Å². The van der Waals surface area contributed by atoms with Crippen LogP contribution in [-0.4, -0.2) is 15.3 Å². The Morgan fingerprint density at radius 2 is 2.08 bits per heavy atom. The molecule has 3 aromatic rings. The molecule has 2 heterocycles. The van der Waals surface area contributed by atoms with E-state index in [9.17, 15) is 9.18 Å². The highest BCUT2D eigenvalue weighted by Crippen LogP contribution is 2.26. The normalized spacial score (nSPS) is 11.0. The van der Waals surface area contributed by atoms with Gasteiger partial charge in [-0.05, 0) is 36.8 Å². The Hall–Kier alpha value is -2.11. The van der Waals surface area contributed by atoms with Crippen molar-refractivity contribution in [3.63, 3.8) is 0 Å². The highest BCUT2D eigenvalue weighted by Gasteiger charge is 2.20. The Morgan fingerprint density at radius 1 is 1.29 bits per heavy atom. The van der Waals surface area contributed by atoms with Crippen molar-refractivity contribution < 1.29 is 9.18 Å². The molecule has 0 radical (unpaired) electrons. The second-order valence-electron chi connectivity index (χ2n) is 5.31. The molecular formula is C17H14Cl2FN3O. The standard InChI is InChI=1S/C17H14Cl2FN3O/c1-2-3-14-16(23-9-11(20)5-7-15(23)21-14)17(24)22-13-6-4-10(18)8-12(13)19/h4-9H,2-3H2,1H3,(H,22,24). The number of nitrogens with zero attached hydrogens (tertiary/aromatic N) is 2. The fraction of sp³-hybridized carbons (Fsp3) is 0.176. The largest absolute Gasteiger partial charge is 0.319 e. The van der Waals surface area contributed by atoms with Crippen molar-refractivity contribution in [3.05, 3.63) is 63.8 Å². The van der Waals surface area contributed by atoms with E-state index >= 15 is 0 Å². The third-order valence-corrected chi connectivity index (χ3v) is 4.08. The quantitative estimate of drug-likeness (QED) is 0.708. The summed E-state index contributed by atoms with van der Waals surface area (Å²) in [7, 11) is 0. The summed E-state index contributed by atoms with van der Waals surface area (Å²) in [5.41, 5.74) is 1.87. The predicted molar refractivity (Wildman–Crippen MR) is 93.6 cm³/mol. The van der Waals surface area contributed by atoms with Gasteiger partial charge in [0.05, 0.1) is 16.4 Å². The lowest BCUT2D eigenvalue weighted by Crippen LogP contribution is -2.16. The number of pyridine rings is 1. The Bertz CT molecular complexity index is 924. The van der Waals surface area contributed by atoms with Gasteiger partial charge in [0.2, 0.25) is 0 Å². The lowest BCUT2D eigenvalue weighted by molar-refractivity contribution is 0.102. The minimum absolute atomic E-state index is 0.303. The van der Waals surface area contributed by atoms with Crippen LogP contribution < -0.4 is 5.32 Å². The Kier molecular flexibility index (Phi) is 4.73. The monoisotopic (exact) mass is 365 g/mol. The maximum absolute atomic E-state index is 13.6. The number of rotatable bonds is 4. The van der Waals surface area contributed by atoms with E-state index in [1.807, 2.05) is 6.92 Å². The van der Waals surface area contributed by atoms with Gasteiger partial charge in [0.15, 0.2) is 0 Å². The molecule has 0 saturated carbocycles. The SMILES string of the molecule is CCCc1nc2ccc(F)cn2c1C(=O)Nc1ccc(Cl)cc1Cl. The van der Waals surface area contributed by atoms with Crippen molar-refractivity contribution in [1.29, 1.82) is 0 Å². The van der Waals surface area contributed by atoms with Crippen molar-refractivity contribution >= 4 is 40.4 Å². The first-order valence-corrected chi connectivity index (χ1v) is 8.18. The summed E-state index contributed by atoms with van der Waals surface area (Å²) in [5, 5.41) is 3.54. The van der Waals surface area contributed by atoms with Gasteiger partial charge in [0, 0.05) is 11.2 Å². The maximum atomic E-state index is 13.6. The summed E-state index contributed by atoms with van der Waals surface area (Å²) in [6.07, 6.45) is 2.68. The van der Waals surface area contributed by atoms with E-state index in [1.165, 1.54) is 16.7 Å². The number of carbonyl (C=O) groups is 1. The van der Waals surface area contributed by atoms with Gasteiger partial charge in [0.25, 0.3) is 5.91 Å². The zero-order valence-electron chi connectivity index (χ0n) is 12.8. The van der Waals surface area contributed by atoms with Crippen molar-refractivity contribution in [1.82, 2.24) is 9.38 Å². The first-order valence-electron chi connectivity index (χ1n) is 7.42. The molecule has 0 atom stereocenters. The number of nitrogens with one attached hydrogen (secondary N) is 1. The maximum Gasteiger partial charge on any atom is 0.274 e. The number of fused-ring (bicyclic) bond motifs is 1. The first kappa shape index (κ1) is 16.7. The van der Waals surface area contributed by atoms with Crippen LogP contribution in [0, 0.1) is 5.82 Å². The molecule has 0 aliphatic carbocycles. The second kappa shape index (κ2) is 6.79. The zero-order chi connectivity index (χ0) is 17.3. The molecule has 1 N–H and O–H groups in total. The first-order chi connectivity index (χ1) is 11.5. The fourth-order valence-corrected chi connectivity index (χ4v) is 2.95. The number of hydrogen-bond donors (Lipinski definition) is 1. The van der Waals surface area contributed by atoms with Gasteiger partial charge in [-0.2, -0.15) is 0 Å². The minimum Gasteiger partial charge on any atom is -0.319 e. The smallest absolute Gasteiger partial charge is 0.274 e. The van der Waals surface area contributed by atoms with Gasteiger partial charge in [-0.1, -0.05) is 36.5 Å². The van der Waals surface area contributed by atoms with Crippen LogP contribution in [0.25, 0.3) is 5.65 Å².